The fraction of sp³-hybridized carbons (Fsp3) is 0.214. The minimum atomic E-state index is -0.435. The molecule has 0 atom stereocenters. The number of hydrogen-bond donors (Lipinski definition) is 0. The van der Waals surface area contributed by atoms with E-state index in [9.17, 15) is 10.1 Å². The predicted molar refractivity (Wildman–Crippen MR) is 79.0 cm³/mol. The van der Waals surface area contributed by atoms with E-state index in [1.807, 2.05) is 13.0 Å². The fourth-order valence-corrected chi connectivity index (χ4v) is 2.12. The molecule has 0 aliphatic rings. The van der Waals surface area contributed by atoms with Crippen molar-refractivity contribution in [1.29, 1.82) is 0 Å². The van der Waals surface area contributed by atoms with Crippen LogP contribution in [0.3, 0.4) is 0 Å². The molecule has 0 spiro atoms. The van der Waals surface area contributed by atoms with Crippen LogP contribution in [0.5, 0.6) is 5.75 Å². The van der Waals surface area contributed by atoms with Crippen molar-refractivity contribution in [2.45, 2.75) is 18.9 Å². The van der Waals surface area contributed by atoms with Crippen LogP contribution in [0.25, 0.3) is 0 Å². The second-order valence-corrected chi connectivity index (χ2v) is 4.91. The van der Waals surface area contributed by atoms with Crippen molar-refractivity contribution in [3.8, 4) is 5.75 Å². The minimum absolute atomic E-state index is 0.0254. The number of ether oxygens (including phenoxy) is 1. The van der Waals surface area contributed by atoms with Crippen LogP contribution in [0.4, 0.5) is 5.69 Å². The van der Waals surface area contributed by atoms with Crippen LogP contribution in [-0.4, -0.2) is 9.91 Å². The molecule has 6 heteroatoms. The van der Waals surface area contributed by atoms with Crippen molar-refractivity contribution in [1.82, 2.24) is 4.98 Å². The standard InChI is InChI=1S/C14H13BrN2O3/c1-10-4-12(8-16-7-10)9-20-14-3-2-11(6-15)5-13(14)17(18)19/h2-5,7-8H,6,9H2,1H3. The number of halogens is 1. The van der Waals surface area contributed by atoms with Crippen molar-refractivity contribution >= 4 is 21.6 Å². The van der Waals surface area contributed by atoms with E-state index in [1.165, 1.54) is 6.07 Å². The molecule has 20 heavy (non-hydrogen) atoms. The lowest BCUT2D eigenvalue weighted by molar-refractivity contribution is -0.386. The summed E-state index contributed by atoms with van der Waals surface area (Å²) < 4.78 is 5.54. The van der Waals surface area contributed by atoms with Crippen LogP contribution in [0.1, 0.15) is 16.7 Å². The van der Waals surface area contributed by atoms with E-state index >= 15 is 0 Å². The molecule has 2 rings (SSSR count). The summed E-state index contributed by atoms with van der Waals surface area (Å²) in [5.41, 5.74) is 2.71. The molecule has 0 N–H and O–H groups in total. The summed E-state index contributed by atoms with van der Waals surface area (Å²) in [7, 11) is 0. The van der Waals surface area contributed by atoms with E-state index in [0.717, 1.165) is 16.7 Å². The van der Waals surface area contributed by atoms with Crippen molar-refractivity contribution < 1.29 is 9.66 Å². The monoisotopic (exact) mass is 336 g/mol. The lowest BCUT2D eigenvalue weighted by atomic mass is 10.2. The molecule has 0 aliphatic heterocycles. The molecule has 1 aromatic carbocycles. The number of aromatic nitrogens is 1. The first kappa shape index (κ1) is 14.5. The molecule has 0 amide bonds. The zero-order valence-electron chi connectivity index (χ0n) is 10.9. The van der Waals surface area contributed by atoms with Crippen molar-refractivity contribution in [2.24, 2.45) is 0 Å². The summed E-state index contributed by atoms with van der Waals surface area (Å²) in [6, 6.07) is 6.87. The van der Waals surface area contributed by atoms with Gasteiger partial charge in [0.05, 0.1) is 4.92 Å². The summed E-state index contributed by atoms with van der Waals surface area (Å²) in [6.07, 6.45) is 3.43. The number of aryl methyl sites for hydroxylation is 1. The second-order valence-electron chi connectivity index (χ2n) is 4.35. The summed E-state index contributed by atoms with van der Waals surface area (Å²) in [5.74, 6) is 0.265. The molecule has 0 radical (unpaired) electrons. The average Bonchev–Trinajstić information content (AvgIpc) is 2.45. The molecule has 1 aromatic heterocycles. The molecule has 0 bridgehead atoms. The first-order valence-electron chi connectivity index (χ1n) is 5.97. The van der Waals surface area contributed by atoms with Gasteiger partial charge in [0.25, 0.3) is 0 Å². The van der Waals surface area contributed by atoms with Gasteiger partial charge in [-0.2, -0.15) is 0 Å². The van der Waals surface area contributed by atoms with Gasteiger partial charge in [0.2, 0.25) is 0 Å². The molecular weight excluding hydrogens is 324 g/mol. The van der Waals surface area contributed by atoms with E-state index in [-0.39, 0.29) is 18.0 Å². The highest BCUT2D eigenvalue weighted by molar-refractivity contribution is 9.08. The van der Waals surface area contributed by atoms with Gasteiger partial charge in [-0.3, -0.25) is 15.1 Å². The van der Waals surface area contributed by atoms with Gasteiger partial charge in [-0.1, -0.05) is 22.0 Å². The fourth-order valence-electron chi connectivity index (χ4n) is 1.77. The Morgan fingerprint density at radius 1 is 1.30 bits per heavy atom. The molecule has 1 heterocycles. The Balaban J connectivity index is 2.18. The molecule has 0 unspecified atom stereocenters. The van der Waals surface area contributed by atoms with Crippen molar-refractivity contribution in [2.75, 3.05) is 0 Å². The predicted octanol–water partition coefficient (Wildman–Crippen LogP) is 3.77. The molecule has 0 fully saturated rings. The van der Waals surface area contributed by atoms with E-state index < -0.39 is 4.92 Å². The molecule has 0 saturated heterocycles. The number of pyridine rings is 1. The van der Waals surface area contributed by atoms with Crippen LogP contribution in [0.15, 0.2) is 36.7 Å². The number of hydrogen-bond acceptors (Lipinski definition) is 4. The van der Waals surface area contributed by atoms with Gasteiger partial charge < -0.3 is 4.74 Å². The smallest absolute Gasteiger partial charge is 0.311 e. The summed E-state index contributed by atoms with van der Waals surface area (Å²) >= 11 is 3.28. The number of alkyl halides is 1. The summed E-state index contributed by atoms with van der Waals surface area (Å²) in [5, 5.41) is 11.6. The molecule has 2 aromatic rings. The van der Waals surface area contributed by atoms with Crippen LogP contribution >= 0.6 is 15.9 Å². The molecule has 0 saturated carbocycles. The Kier molecular flexibility index (Phi) is 4.68. The first-order chi connectivity index (χ1) is 9.60. The number of nitro benzene ring substituents is 1. The van der Waals surface area contributed by atoms with Gasteiger partial charge in [-0.25, -0.2) is 0 Å². The second kappa shape index (κ2) is 6.47. The summed E-state index contributed by atoms with van der Waals surface area (Å²) in [4.78, 5) is 14.7. The highest BCUT2D eigenvalue weighted by Gasteiger charge is 2.15. The third-order valence-electron chi connectivity index (χ3n) is 2.70. The SMILES string of the molecule is Cc1cncc(COc2ccc(CBr)cc2[N+](=O)[O-])c1. The summed E-state index contributed by atoms with van der Waals surface area (Å²) in [6.45, 7) is 2.19. The lowest BCUT2D eigenvalue weighted by Crippen LogP contribution is -2.00. The largest absolute Gasteiger partial charge is 0.482 e. The minimum Gasteiger partial charge on any atom is -0.482 e. The normalized spacial score (nSPS) is 10.3. The molecule has 0 aliphatic carbocycles. The van der Waals surface area contributed by atoms with Gasteiger partial charge in [0, 0.05) is 29.4 Å². The van der Waals surface area contributed by atoms with Crippen LogP contribution < -0.4 is 4.74 Å². The Bertz CT molecular complexity index is 632. The van der Waals surface area contributed by atoms with Gasteiger partial charge in [0.15, 0.2) is 5.75 Å². The zero-order chi connectivity index (χ0) is 14.5. The molecule has 5 nitrogen and oxygen atoms in total. The number of nitrogens with zero attached hydrogens (tertiary/aromatic N) is 2. The van der Waals surface area contributed by atoms with Gasteiger partial charge in [-0.05, 0) is 30.2 Å². The maximum absolute atomic E-state index is 11.1. The van der Waals surface area contributed by atoms with E-state index in [1.54, 1.807) is 24.5 Å². The number of nitro groups is 1. The van der Waals surface area contributed by atoms with Gasteiger partial charge in [0.1, 0.15) is 6.61 Å². The highest BCUT2D eigenvalue weighted by Crippen LogP contribution is 2.29. The Labute approximate surface area is 124 Å². The topological polar surface area (TPSA) is 65.3 Å². The van der Waals surface area contributed by atoms with Crippen LogP contribution in [0, 0.1) is 17.0 Å². The molecular formula is C14H13BrN2O3. The quantitative estimate of drug-likeness (QED) is 0.473. The third-order valence-corrected chi connectivity index (χ3v) is 3.35. The first-order valence-corrected chi connectivity index (χ1v) is 7.09. The average molecular weight is 337 g/mol. The van der Waals surface area contributed by atoms with Crippen LogP contribution in [-0.2, 0) is 11.9 Å². The van der Waals surface area contributed by atoms with Crippen molar-refractivity contribution in [3.05, 3.63) is 63.5 Å². The van der Waals surface area contributed by atoms with E-state index in [4.69, 9.17) is 4.74 Å². The van der Waals surface area contributed by atoms with Crippen LogP contribution in [0.2, 0.25) is 0 Å². The van der Waals surface area contributed by atoms with Crippen molar-refractivity contribution in [3.63, 3.8) is 0 Å². The number of rotatable bonds is 5. The third kappa shape index (κ3) is 3.54. The Hall–Kier alpha value is -1.95. The zero-order valence-corrected chi connectivity index (χ0v) is 12.5. The Morgan fingerprint density at radius 2 is 2.10 bits per heavy atom. The maximum Gasteiger partial charge on any atom is 0.311 e. The van der Waals surface area contributed by atoms with E-state index in [0.29, 0.717) is 5.33 Å². The maximum atomic E-state index is 11.1. The number of benzene rings is 1. The molecule has 104 valence electrons. The lowest BCUT2D eigenvalue weighted by Gasteiger charge is -2.08. The van der Waals surface area contributed by atoms with E-state index in [2.05, 4.69) is 20.9 Å². The van der Waals surface area contributed by atoms with Gasteiger partial charge in [-0.15, -0.1) is 0 Å². The Morgan fingerprint density at radius 3 is 2.75 bits per heavy atom. The van der Waals surface area contributed by atoms with Gasteiger partial charge >= 0.3 is 5.69 Å². The highest BCUT2D eigenvalue weighted by atomic mass is 79.9.